The highest BCUT2D eigenvalue weighted by atomic mass is 31.1. The Balaban J connectivity index is 2.07. The summed E-state index contributed by atoms with van der Waals surface area (Å²) in [5.74, 6) is 1.99. The zero-order valence-corrected chi connectivity index (χ0v) is 44.2. The standard InChI is InChI=1S/C55H77O8P/c1-49(2,3)32-24-36-37-25-33(50(4,5)6)27-41(52(10,11)12)46(37)62-64(61-45(36)40(26-32)51(7,8)9)63-47-39(29-35(58-23)31-43(47)54(16,17)18)38-28-34(57-22)30-42(53(13,14)15)44(38)59-48(56)60-55(19,20)21/h24-31H,1-23H3. The fourth-order valence-electron chi connectivity index (χ4n) is 7.63. The first-order valence-corrected chi connectivity index (χ1v) is 23.6. The van der Waals surface area contributed by atoms with Crippen molar-refractivity contribution in [1.29, 1.82) is 0 Å². The van der Waals surface area contributed by atoms with Crippen molar-refractivity contribution < 1.29 is 36.7 Å². The second kappa shape index (κ2) is 17.0. The van der Waals surface area contributed by atoms with Crippen molar-refractivity contribution in [1.82, 2.24) is 0 Å². The molecule has 0 unspecified atom stereocenters. The summed E-state index contributed by atoms with van der Waals surface area (Å²) in [6, 6.07) is 16.8. The van der Waals surface area contributed by atoms with Gasteiger partial charge in [-0.05, 0) is 101 Å². The van der Waals surface area contributed by atoms with E-state index in [-0.39, 0.29) is 21.7 Å². The van der Waals surface area contributed by atoms with Gasteiger partial charge >= 0.3 is 14.4 Å². The van der Waals surface area contributed by atoms with Crippen molar-refractivity contribution in [2.24, 2.45) is 0 Å². The number of methoxy groups -OCH3 is 2. The van der Waals surface area contributed by atoms with Gasteiger partial charge in [-0.15, -0.1) is 0 Å². The van der Waals surface area contributed by atoms with E-state index in [0.29, 0.717) is 34.1 Å². The molecule has 0 N–H and O–H groups in total. The van der Waals surface area contributed by atoms with Crippen LogP contribution in [0.1, 0.15) is 179 Å². The monoisotopic (exact) mass is 897 g/mol. The number of hydrogen-bond acceptors (Lipinski definition) is 8. The van der Waals surface area contributed by atoms with Crippen LogP contribution in [0.3, 0.4) is 0 Å². The van der Waals surface area contributed by atoms with Gasteiger partial charge in [-0.3, -0.25) is 0 Å². The summed E-state index contributed by atoms with van der Waals surface area (Å²) in [5.41, 5.74) is 6.00. The van der Waals surface area contributed by atoms with Gasteiger partial charge in [-0.1, -0.05) is 137 Å². The van der Waals surface area contributed by atoms with Gasteiger partial charge in [0, 0.05) is 44.2 Å². The van der Waals surface area contributed by atoms with Gasteiger partial charge in [0.05, 0.1) is 14.2 Å². The summed E-state index contributed by atoms with van der Waals surface area (Å²) in [6.45, 7) is 44.9. The van der Waals surface area contributed by atoms with E-state index < -0.39 is 30.8 Å². The molecule has 0 fully saturated rings. The van der Waals surface area contributed by atoms with Gasteiger partial charge in [-0.25, -0.2) is 4.79 Å². The first kappa shape index (κ1) is 50.4. The molecule has 0 saturated carbocycles. The molecule has 0 spiro atoms. The maximum Gasteiger partial charge on any atom is 0.514 e. The molecule has 9 heteroatoms. The Morgan fingerprint density at radius 1 is 0.453 bits per heavy atom. The molecule has 0 radical (unpaired) electrons. The van der Waals surface area contributed by atoms with Crippen molar-refractivity contribution in [3.63, 3.8) is 0 Å². The van der Waals surface area contributed by atoms with Crippen LogP contribution in [0.4, 0.5) is 4.79 Å². The summed E-state index contributed by atoms with van der Waals surface area (Å²) < 4.78 is 46.1. The summed E-state index contributed by atoms with van der Waals surface area (Å²) in [7, 11) is 1.05. The van der Waals surface area contributed by atoms with Crippen molar-refractivity contribution in [2.75, 3.05) is 14.2 Å². The first-order valence-electron chi connectivity index (χ1n) is 22.5. The SMILES string of the molecule is COc1cc(-c2cc(OC)cc(C(C)(C)C)c2Op2oc3c(C(C)(C)C)cc(C(C)(C)C)cc3c3cc(C(C)(C)C)cc(C(C)(C)C)c3o2)c(OC(=O)OC(C)(C)C)c(C(C)(C)C)c1. The highest BCUT2D eigenvalue weighted by molar-refractivity contribution is 7.32. The lowest BCUT2D eigenvalue weighted by atomic mass is 9.77. The Labute approximate surface area is 385 Å². The third-order valence-corrected chi connectivity index (χ3v) is 12.4. The lowest BCUT2D eigenvalue weighted by molar-refractivity contribution is 0.0203. The molecule has 1 aromatic heterocycles. The average molecular weight is 897 g/mol. The normalized spacial score (nSPS) is 13.3. The fourth-order valence-corrected chi connectivity index (χ4v) is 8.78. The van der Waals surface area contributed by atoms with E-state index in [9.17, 15) is 4.79 Å². The van der Waals surface area contributed by atoms with E-state index >= 15 is 0 Å². The van der Waals surface area contributed by atoms with Gasteiger partial charge < -0.3 is 31.9 Å². The quantitative estimate of drug-likeness (QED) is 0.123. The van der Waals surface area contributed by atoms with Crippen LogP contribution < -0.4 is 18.7 Å². The van der Waals surface area contributed by atoms with Crippen LogP contribution in [0.5, 0.6) is 23.0 Å². The van der Waals surface area contributed by atoms with Crippen molar-refractivity contribution >= 4 is 36.3 Å². The van der Waals surface area contributed by atoms with Crippen LogP contribution in [0.25, 0.3) is 33.1 Å². The number of rotatable bonds is 6. The van der Waals surface area contributed by atoms with E-state index in [1.165, 1.54) is 11.1 Å². The zero-order valence-electron chi connectivity index (χ0n) is 43.3. The topological polar surface area (TPSA) is 89.5 Å². The van der Waals surface area contributed by atoms with Crippen LogP contribution in [0.2, 0.25) is 0 Å². The molecule has 64 heavy (non-hydrogen) atoms. The minimum absolute atomic E-state index is 0.153. The van der Waals surface area contributed by atoms with E-state index in [1.54, 1.807) is 14.2 Å². The molecule has 4 aromatic carbocycles. The number of carbonyl (C=O) groups excluding carboxylic acids is 1. The number of carbonyl (C=O) groups is 1. The maximum absolute atomic E-state index is 13.7. The largest absolute Gasteiger partial charge is 0.514 e. The molecule has 5 aromatic rings. The zero-order chi connectivity index (χ0) is 48.5. The van der Waals surface area contributed by atoms with Gasteiger partial charge in [-0.2, -0.15) is 0 Å². The van der Waals surface area contributed by atoms with E-state index in [0.717, 1.165) is 44.2 Å². The van der Waals surface area contributed by atoms with Crippen molar-refractivity contribution in [3.05, 3.63) is 81.9 Å². The molecule has 1 heterocycles. The predicted molar refractivity (Wildman–Crippen MR) is 266 cm³/mol. The van der Waals surface area contributed by atoms with Crippen LogP contribution in [-0.2, 0) is 37.2 Å². The predicted octanol–water partition coefficient (Wildman–Crippen LogP) is 16.9. The van der Waals surface area contributed by atoms with E-state index in [2.05, 4.69) is 149 Å². The van der Waals surface area contributed by atoms with E-state index in [1.807, 2.05) is 45.0 Å². The Hall–Kier alpha value is -4.55. The number of hydrogen-bond donors (Lipinski definition) is 0. The molecule has 0 amide bonds. The Kier molecular flexibility index (Phi) is 13.4. The molecular weight excluding hydrogens is 820 g/mol. The van der Waals surface area contributed by atoms with Crippen LogP contribution in [-0.4, -0.2) is 26.0 Å². The van der Waals surface area contributed by atoms with Gasteiger partial charge in [0.15, 0.2) is 0 Å². The number of ether oxygens (including phenoxy) is 4. The number of benzene rings is 4. The first-order chi connectivity index (χ1) is 28.9. The van der Waals surface area contributed by atoms with Gasteiger partial charge in [0.2, 0.25) is 0 Å². The minimum atomic E-state index is -2.22. The number of fused-ring (bicyclic) bond motifs is 3. The average Bonchev–Trinajstić information content (AvgIpc) is 3.27. The summed E-state index contributed by atoms with van der Waals surface area (Å²) in [4.78, 5) is 13.7. The molecule has 0 aliphatic carbocycles. The second-order valence-corrected chi connectivity index (χ2v) is 25.5. The lowest BCUT2D eigenvalue weighted by Gasteiger charge is -2.28. The molecule has 0 bridgehead atoms. The van der Waals surface area contributed by atoms with Crippen molar-refractivity contribution in [2.45, 2.75) is 183 Å². The molecule has 8 nitrogen and oxygen atoms in total. The third kappa shape index (κ3) is 11.1. The molecule has 0 aliphatic heterocycles. The Bertz CT molecular complexity index is 2500. The third-order valence-electron chi connectivity index (χ3n) is 11.4. The van der Waals surface area contributed by atoms with Crippen molar-refractivity contribution in [3.8, 4) is 34.1 Å². The Morgan fingerprint density at radius 2 is 0.812 bits per heavy atom. The minimum Gasteiger partial charge on any atom is -0.497 e. The second-order valence-electron chi connectivity index (χ2n) is 24.5. The highest BCUT2D eigenvalue weighted by Crippen LogP contribution is 2.53. The van der Waals surface area contributed by atoms with Gasteiger partial charge in [0.1, 0.15) is 39.8 Å². The molecule has 0 saturated heterocycles. The van der Waals surface area contributed by atoms with Crippen LogP contribution >= 0.6 is 8.24 Å². The molecule has 0 atom stereocenters. The molecule has 350 valence electrons. The van der Waals surface area contributed by atoms with Gasteiger partial charge in [0.25, 0.3) is 0 Å². The maximum atomic E-state index is 13.7. The smallest absolute Gasteiger partial charge is 0.497 e. The van der Waals surface area contributed by atoms with Crippen LogP contribution in [0.15, 0.2) is 56.9 Å². The summed E-state index contributed by atoms with van der Waals surface area (Å²) in [5, 5.41) is 1.94. The summed E-state index contributed by atoms with van der Waals surface area (Å²) >= 11 is 0. The Morgan fingerprint density at radius 3 is 1.14 bits per heavy atom. The molecular formula is C55H77O8P. The highest BCUT2D eigenvalue weighted by Gasteiger charge is 2.34. The fraction of sp³-hybridized carbons (Fsp3) is 0.545. The van der Waals surface area contributed by atoms with E-state index in [4.69, 9.17) is 31.9 Å². The summed E-state index contributed by atoms with van der Waals surface area (Å²) in [6.07, 6.45) is -0.826. The molecule has 0 aliphatic rings. The molecule has 5 rings (SSSR count). The lowest BCUT2D eigenvalue weighted by Crippen LogP contribution is -2.27. The van der Waals surface area contributed by atoms with Crippen LogP contribution in [0, 0.1) is 0 Å².